The maximum atomic E-state index is 10.3. The first-order valence-electron chi connectivity index (χ1n) is 6.44. The molecule has 1 heterocycles. The van der Waals surface area contributed by atoms with Crippen molar-refractivity contribution in [3.63, 3.8) is 0 Å². The smallest absolute Gasteiger partial charge is 0.134 e. The minimum atomic E-state index is -0.602. The first-order valence-corrected chi connectivity index (χ1v) is 6.44. The molecule has 1 atom stereocenters. The topological polar surface area (TPSA) is 33.4 Å². The zero-order valence-corrected chi connectivity index (χ0v) is 10.8. The Labute approximate surface area is 112 Å². The van der Waals surface area contributed by atoms with Crippen LogP contribution in [-0.4, -0.2) is 5.11 Å². The lowest BCUT2D eigenvalue weighted by Crippen LogP contribution is -1.99. The van der Waals surface area contributed by atoms with E-state index in [-0.39, 0.29) is 0 Å². The molecule has 2 nitrogen and oxygen atoms in total. The number of benzene rings is 2. The van der Waals surface area contributed by atoms with Gasteiger partial charge in [0.25, 0.3) is 0 Å². The van der Waals surface area contributed by atoms with E-state index in [1.807, 2.05) is 55.5 Å². The molecule has 1 N–H and O–H groups in total. The Bertz CT molecular complexity index is 683. The van der Waals surface area contributed by atoms with Crippen molar-refractivity contribution < 1.29 is 9.52 Å². The predicted octanol–water partition coefficient (Wildman–Crippen LogP) is 4.02. The predicted molar refractivity (Wildman–Crippen MR) is 76.1 cm³/mol. The van der Waals surface area contributed by atoms with Crippen LogP contribution in [0.25, 0.3) is 11.0 Å². The second-order valence-corrected chi connectivity index (χ2v) is 4.90. The average molecular weight is 252 g/mol. The summed E-state index contributed by atoms with van der Waals surface area (Å²) in [7, 11) is 0. The summed E-state index contributed by atoms with van der Waals surface area (Å²) in [5.41, 5.74) is 3.12. The number of rotatable bonds is 3. The molecule has 0 aliphatic heterocycles. The summed E-state index contributed by atoms with van der Waals surface area (Å²) in [5.74, 6) is 0.629. The van der Waals surface area contributed by atoms with E-state index in [1.165, 1.54) is 5.56 Å². The second-order valence-electron chi connectivity index (χ2n) is 4.90. The molecule has 19 heavy (non-hydrogen) atoms. The number of furan rings is 1. The third-order valence-electron chi connectivity index (χ3n) is 3.29. The molecule has 1 unspecified atom stereocenters. The lowest BCUT2D eigenvalue weighted by Gasteiger charge is -2.07. The number of hydrogen-bond donors (Lipinski definition) is 1. The summed E-state index contributed by atoms with van der Waals surface area (Å²) in [6, 6.07) is 17.9. The van der Waals surface area contributed by atoms with Crippen molar-refractivity contribution in [3.05, 3.63) is 71.5 Å². The second kappa shape index (κ2) is 4.90. The first kappa shape index (κ1) is 12.0. The van der Waals surface area contributed by atoms with Crippen LogP contribution >= 0.6 is 0 Å². The fourth-order valence-electron chi connectivity index (χ4n) is 2.29. The van der Waals surface area contributed by atoms with Crippen LogP contribution in [-0.2, 0) is 6.42 Å². The van der Waals surface area contributed by atoms with Gasteiger partial charge in [-0.3, -0.25) is 0 Å². The van der Waals surface area contributed by atoms with Crippen molar-refractivity contribution >= 4 is 11.0 Å². The number of aliphatic hydroxyl groups excluding tert-OH is 1. The van der Waals surface area contributed by atoms with Gasteiger partial charge in [-0.25, -0.2) is 0 Å². The minimum Gasteiger partial charge on any atom is -0.458 e. The molecule has 2 aromatic carbocycles. The standard InChI is InChI=1S/C17H16O2/c1-12-7-8-16-14(9-12)11-17(19-16)15(18)10-13-5-3-2-4-6-13/h2-9,11,15,18H,10H2,1H3. The van der Waals surface area contributed by atoms with Crippen molar-refractivity contribution in [2.75, 3.05) is 0 Å². The normalized spacial score (nSPS) is 12.7. The molecule has 0 saturated carbocycles. The SMILES string of the molecule is Cc1ccc2oc(C(O)Cc3ccccc3)cc2c1. The highest BCUT2D eigenvalue weighted by Gasteiger charge is 2.14. The molecular weight excluding hydrogens is 236 g/mol. The molecule has 3 aromatic rings. The highest BCUT2D eigenvalue weighted by atomic mass is 16.4. The Balaban J connectivity index is 1.87. The van der Waals surface area contributed by atoms with Gasteiger partial charge in [0.1, 0.15) is 17.4 Å². The molecule has 2 heteroatoms. The first-order chi connectivity index (χ1) is 9.22. The van der Waals surface area contributed by atoms with E-state index in [9.17, 15) is 5.11 Å². The van der Waals surface area contributed by atoms with E-state index >= 15 is 0 Å². The van der Waals surface area contributed by atoms with E-state index in [0.717, 1.165) is 16.5 Å². The molecule has 0 bridgehead atoms. The highest BCUT2D eigenvalue weighted by molar-refractivity contribution is 5.78. The van der Waals surface area contributed by atoms with E-state index < -0.39 is 6.10 Å². The molecule has 1 aromatic heterocycles. The summed E-state index contributed by atoms with van der Waals surface area (Å²) in [5, 5.41) is 11.3. The van der Waals surface area contributed by atoms with Gasteiger partial charge in [-0.05, 0) is 30.7 Å². The van der Waals surface area contributed by atoms with Gasteiger partial charge in [0, 0.05) is 11.8 Å². The number of hydrogen-bond acceptors (Lipinski definition) is 2. The van der Waals surface area contributed by atoms with Crippen molar-refractivity contribution in [1.29, 1.82) is 0 Å². The van der Waals surface area contributed by atoms with Crippen LogP contribution in [0.2, 0.25) is 0 Å². The molecule has 0 radical (unpaired) electrons. The lowest BCUT2D eigenvalue weighted by atomic mass is 10.1. The molecule has 96 valence electrons. The summed E-state index contributed by atoms with van der Waals surface area (Å²) < 4.78 is 5.71. The van der Waals surface area contributed by atoms with E-state index in [2.05, 4.69) is 6.07 Å². The minimum absolute atomic E-state index is 0.569. The Hall–Kier alpha value is -2.06. The molecule has 3 rings (SSSR count). The zero-order chi connectivity index (χ0) is 13.2. The third-order valence-corrected chi connectivity index (χ3v) is 3.29. The van der Waals surface area contributed by atoms with Gasteiger partial charge in [0.15, 0.2) is 0 Å². The molecule has 0 aliphatic rings. The van der Waals surface area contributed by atoms with Crippen molar-refractivity contribution in [2.24, 2.45) is 0 Å². The molecule has 0 amide bonds. The van der Waals surface area contributed by atoms with Gasteiger partial charge in [-0.15, -0.1) is 0 Å². The highest BCUT2D eigenvalue weighted by Crippen LogP contribution is 2.26. The van der Waals surface area contributed by atoms with Gasteiger partial charge in [0.2, 0.25) is 0 Å². The van der Waals surface area contributed by atoms with Crippen LogP contribution in [0, 0.1) is 6.92 Å². The molecule has 0 saturated heterocycles. The fraction of sp³-hybridized carbons (Fsp3) is 0.176. The maximum Gasteiger partial charge on any atom is 0.134 e. The largest absolute Gasteiger partial charge is 0.458 e. The Morgan fingerprint density at radius 1 is 1.05 bits per heavy atom. The van der Waals surface area contributed by atoms with Crippen molar-refractivity contribution in [3.8, 4) is 0 Å². The van der Waals surface area contributed by atoms with Crippen LogP contribution in [0.15, 0.2) is 59.0 Å². The quantitative estimate of drug-likeness (QED) is 0.763. The van der Waals surface area contributed by atoms with Gasteiger partial charge in [0.05, 0.1) is 0 Å². The summed E-state index contributed by atoms with van der Waals surface area (Å²) in [6.45, 7) is 2.05. The van der Waals surface area contributed by atoms with Crippen molar-refractivity contribution in [2.45, 2.75) is 19.4 Å². The summed E-state index contributed by atoms with van der Waals surface area (Å²) in [4.78, 5) is 0. The van der Waals surface area contributed by atoms with Gasteiger partial charge < -0.3 is 9.52 Å². The number of aryl methyl sites for hydroxylation is 1. The van der Waals surface area contributed by atoms with Crippen molar-refractivity contribution in [1.82, 2.24) is 0 Å². The van der Waals surface area contributed by atoms with Gasteiger partial charge in [-0.1, -0.05) is 42.0 Å². The van der Waals surface area contributed by atoms with E-state index in [0.29, 0.717) is 12.2 Å². The van der Waals surface area contributed by atoms with Crippen LogP contribution < -0.4 is 0 Å². The van der Waals surface area contributed by atoms with E-state index in [4.69, 9.17) is 4.42 Å². The third kappa shape index (κ3) is 2.54. The summed E-state index contributed by atoms with van der Waals surface area (Å²) >= 11 is 0. The average Bonchev–Trinajstić information content (AvgIpc) is 2.83. The number of aliphatic hydroxyl groups is 1. The molecule has 0 aliphatic carbocycles. The van der Waals surface area contributed by atoms with Crippen LogP contribution in [0.3, 0.4) is 0 Å². The van der Waals surface area contributed by atoms with E-state index in [1.54, 1.807) is 0 Å². The van der Waals surface area contributed by atoms with Crippen LogP contribution in [0.5, 0.6) is 0 Å². The Morgan fingerprint density at radius 3 is 2.63 bits per heavy atom. The Morgan fingerprint density at radius 2 is 1.84 bits per heavy atom. The van der Waals surface area contributed by atoms with Crippen LogP contribution in [0.4, 0.5) is 0 Å². The van der Waals surface area contributed by atoms with Gasteiger partial charge >= 0.3 is 0 Å². The molecular formula is C17H16O2. The fourth-order valence-corrected chi connectivity index (χ4v) is 2.29. The maximum absolute atomic E-state index is 10.3. The number of fused-ring (bicyclic) bond motifs is 1. The van der Waals surface area contributed by atoms with Crippen LogP contribution in [0.1, 0.15) is 23.0 Å². The van der Waals surface area contributed by atoms with Gasteiger partial charge in [-0.2, -0.15) is 0 Å². The molecule has 0 spiro atoms. The molecule has 0 fully saturated rings. The zero-order valence-electron chi connectivity index (χ0n) is 10.8. The monoisotopic (exact) mass is 252 g/mol. The summed E-state index contributed by atoms with van der Waals surface area (Å²) in [6.07, 6.45) is -0.0327. The Kier molecular flexibility index (Phi) is 3.10. The lowest BCUT2D eigenvalue weighted by molar-refractivity contribution is 0.152.